The molecule has 5 nitrogen and oxygen atoms in total. The molecule has 0 saturated heterocycles. The SMILES string of the molecule is Cc1ccc(COc2ccc(/C=C/C(=O)NC(Cc3ccccc3)C(=O)O)cc2)cc1. The number of carboxylic acids is 1. The Morgan fingerprint density at radius 2 is 1.61 bits per heavy atom. The predicted molar refractivity (Wildman–Crippen MR) is 121 cm³/mol. The molecular formula is C26H25NO4. The molecular weight excluding hydrogens is 390 g/mol. The number of rotatable bonds is 9. The van der Waals surface area contributed by atoms with Gasteiger partial charge in [-0.1, -0.05) is 72.3 Å². The number of carbonyl (C=O) groups is 2. The number of hydrogen-bond donors (Lipinski definition) is 2. The Labute approximate surface area is 182 Å². The average molecular weight is 415 g/mol. The molecule has 3 aromatic carbocycles. The van der Waals surface area contributed by atoms with E-state index >= 15 is 0 Å². The van der Waals surface area contributed by atoms with Crippen molar-refractivity contribution in [3.05, 3.63) is 107 Å². The quantitative estimate of drug-likeness (QED) is 0.508. The van der Waals surface area contributed by atoms with Crippen molar-refractivity contribution in [2.45, 2.75) is 26.0 Å². The lowest BCUT2D eigenvalue weighted by atomic mass is 10.1. The fourth-order valence-corrected chi connectivity index (χ4v) is 2.97. The van der Waals surface area contributed by atoms with E-state index in [4.69, 9.17) is 4.74 Å². The van der Waals surface area contributed by atoms with Crippen molar-refractivity contribution in [2.75, 3.05) is 0 Å². The zero-order chi connectivity index (χ0) is 22.1. The summed E-state index contributed by atoms with van der Waals surface area (Å²) in [5, 5.41) is 11.9. The van der Waals surface area contributed by atoms with Crippen LogP contribution in [0.5, 0.6) is 5.75 Å². The van der Waals surface area contributed by atoms with Crippen LogP contribution in [-0.2, 0) is 22.6 Å². The van der Waals surface area contributed by atoms with Crippen molar-refractivity contribution in [3.63, 3.8) is 0 Å². The molecule has 31 heavy (non-hydrogen) atoms. The summed E-state index contributed by atoms with van der Waals surface area (Å²) < 4.78 is 5.78. The number of benzene rings is 3. The van der Waals surface area contributed by atoms with Crippen LogP contribution in [0.4, 0.5) is 0 Å². The monoisotopic (exact) mass is 415 g/mol. The standard InChI is InChI=1S/C26H25NO4/c1-19-7-9-22(10-8-19)18-31-23-14-11-20(12-15-23)13-16-25(28)27-24(26(29)30)17-21-5-3-2-4-6-21/h2-16,24H,17-18H2,1H3,(H,27,28)(H,29,30)/b16-13+. The molecule has 0 aromatic heterocycles. The first-order valence-electron chi connectivity index (χ1n) is 10.0. The van der Waals surface area contributed by atoms with E-state index in [0.717, 1.165) is 22.4 Å². The Kier molecular flexibility index (Phi) is 7.60. The number of aryl methyl sites for hydroxylation is 1. The summed E-state index contributed by atoms with van der Waals surface area (Å²) >= 11 is 0. The summed E-state index contributed by atoms with van der Waals surface area (Å²) in [6.45, 7) is 2.53. The molecule has 0 aliphatic carbocycles. The number of ether oxygens (including phenoxy) is 1. The van der Waals surface area contributed by atoms with Gasteiger partial charge in [0.25, 0.3) is 0 Å². The molecule has 5 heteroatoms. The third-order valence-corrected chi connectivity index (χ3v) is 4.73. The lowest BCUT2D eigenvalue weighted by molar-refractivity contribution is -0.141. The minimum Gasteiger partial charge on any atom is -0.489 e. The average Bonchev–Trinajstić information content (AvgIpc) is 2.78. The molecule has 0 bridgehead atoms. The Morgan fingerprint density at radius 3 is 2.26 bits per heavy atom. The normalized spacial score (nSPS) is 11.8. The highest BCUT2D eigenvalue weighted by Crippen LogP contribution is 2.15. The molecule has 1 atom stereocenters. The lowest BCUT2D eigenvalue weighted by Gasteiger charge is -2.13. The summed E-state index contributed by atoms with van der Waals surface area (Å²) in [7, 11) is 0. The number of amides is 1. The van der Waals surface area contributed by atoms with Crippen LogP contribution < -0.4 is 10.1 Å². The molecule has 1 amide bonds. The maximum absolute atomic E-state index is 12.2. The molecule has 2 N–H and O–H groups in total. The van der Waals surface area contributed by atoms with Gasteiger partial charge in [-0.2, -0.15) is 0 Å². The van der Waals surface area contributed by atoms with Crippen molar-refractivity contribution in [3.8, 4) is 5.75 Å². The Hall–Kier alpha value is -3.86. The molecule has 0 aliphatic rings. The molecule has 3 rings (SSSR count). The Morgan fingerprint density at radius 1 is 0.935 bits per heavy atom. The third kappa shape index (κ3) is 7.16. The van der Waals surface area contributed by atoms with Crippen LogP contribution in [0.2, 0.25) is 0 Å². The van der Waals surface area contributed by atoms with Gasteiger partial charge in [0, 0.05) is 12.5 Å². The first kappa shape index (κ1) is 21.8. The van der Waals surface area contributed by atoms with E-state index in [1.807, 2.05) is 85.8 Å². The van der Waals surface area contributed by atoms with E-state index in [2.05, 4.69) is 5.32 Å². The minimum atomic E-state index is -1.07. The van der Waals surface area contributed by atoms with Crippen LogP contribution in [0.1, 0.15) is 22.3 Å². The second-order valence-electron chi connectivity index (χ2n) is 7.27. The van der Waals surface area contributed by atoms with E-state index in [9.17, 15) is 14.7 Å². The van der Waals surface area contributed by atoms with Gasteiger partial charge >= 0.3 is 5.97 Å². The van der Waals surface area contributed by atoms with E-state index in [1.165, 1.54) is 11.6 Å². The van der Waals surface area contributed by atoms with Gasteiger partial charge < -0.3 is 15.2 Å². The van der Waals surface area contributed by atoms with E-state index in [1.54, 1.807) is 6.08 Å². The molecule has 0 heterocycles. The summed E-state index contributed by atoms with van der Waals surface area (Å²) in [5.74, 6) is -0.792. The number of aliphatic carboxylic acids is 1. The number of nitrogens with one attached hydrogen (secondary N) is 1. The highest BCUT2D eigenvalue weighted by atomic mass is 16.5. The van der Waals surface area contributed by atoms with Crippen molar-refractivity contribution >= 4 is 18.0 Å². The second kappa shape index (κ2) is 10.8. The predicted octanol–water partition coefficient (Wildman–Crippen LogP) is 4.40. The first-order chi connectivity index (χ1) is 15.0. The van der Waals surface area contributed by atoms with E-state index in [-0.39, 0.29) is 6.42 Å². The Balaban J connectivity index is 1.52. The molecule has 1 unspecified atom stereocenters. The van der Waals surface area contributed by atoms with E-state index in [0.29, 0.717) is 6.61 Å². The molecule has 0 fully saturated rings. The zero-order valence-electron chi connectivity index (χ0n) is 17.3. The van der Waals surface area contributed by atoms with Crippen molar-refractivity contribution in [1.82, 2.24) is 5.32 Å². The third-order valence-electron chi connectivity index (χ3n) is 4.73. The molecule has 0 spiro atoms. The van der Waals surface area contributed by atoms with Gasteiger partial charge in [0.1, 0.15) is 18.4 Å². The highest BCUT2D eigenvalue weighted by Gasteiger charge is 2.19. The Bertz CT molecular complexity index is 1030. The number of carbonyl (C=O) groups excluding carboxylic acids is 1. The smallest absolute Gasteiger partial charge is 0.326 e. The van der Waals surface area contributed by atoms with Crippen molar-refractivity contribution < 1.29 is 19.4 Å². The van der Waals surface area contributed by atoms with Gasteiger partial charge in [0.15, 0.2) is 0 Å². The van der Waals surface area contributed by atoms with Crippen molar-refractivity contribution in [2.24, 2.45) is 0 Å². The largest absolute Gasteiger partial charge is 0.489 e. The molecule has 0 radical (unpaired) electrons. The molecule has 3 aromatic rings. The second-order valence-corrected chi connectivity index (χ2v) is 7.27. The topological polar surface area (TPSA) is 75.6 Å². The van der Waals surface area contributed by atoms with Gasteiger partial charge in [-0.05, 0) is 41.8 Å². The van der Waals surface area contributed by atoms with Crippen LogP contribution in [0.15, 0.2) is 84.9 Å². The fraction of sp³-hybridized carbons (Fsp3) is 0.154. The fourth-order valence-electron chi connectivity index (χ4n) is 2.97. The minimum absolute atomic E-state index is 0.225. The maximum Gasteiger partial charge on any atom is 0.326 e. The van der Waals surface area contributed by atoms with E-state index < -0.39 is 17.9 Å². The lowest BCUT2D eigenvalue weighted by Crippen LogP contribution is -2.41. The first-order valence-corrected chi connectivity index (χ1v) is 10.0. The van der Waals surface area contributed by atoms with Crippen LogP contribution >= 0.6 is 0 Å². The summed E-state index contributed by atoms with van der Waals surface area (Å²) in [4.78, 5) is 23.7. The molecule has 0 aliphatic heterocycles. The number of hydrogen-bond acceptors (Lipinski definition) is 3. The van der Waals surface area contributed by atoms with Crippen LogP contribution in [0.3, 0.4) is 0 Å². The van der Waals surface area contributed by atoms with Gasteiger partial charge in [-0.15, -0.1) is 0 Å². The highest BCUT2D eigenvalue weighted by molar-refractivity contribution is 5.94. The van der Waals surface area contributed by atoms with Gasteiger partial charge in [-0.3, -0.25) is 4.79 Å². The summed E-state index contributed by atoms with van der Waals surface area (Å²) in [6, 6.07) is 23.7. The van der Waals surface area contributed by atoms with Gasteiger partial charge in [0.05, 0.1) is 0 Å². The number of carboxylic acid groups (broad SMARTS) is 1. The zero-order valence-corrected chi connectivity index (χ0v) is 17.3. The van der Waals surface area contributed by atoms with Gasteiger partial charge in [-0.25, -0.2) is 4.79 Å². The van der Waals surface area contributed by atoms with Crippen LogP contribution in [-0.4, -0.2) is 23.0 Å². The van der Waals surface area contributed by atoms with Crippen molar-refractivity contribution in [1.29, 1.82) is 0 Å². The summed E-state index contributed by atoms with van der Waals surface area (Å²) in [5.41, 5.74) is 3.96. The van der Waals surface area contributed by atoms with Gasteiger partial charge in [0.2, 0.25) is 5.91 Å². The van der Waals surface area contributed by atoms with Crippen LogP contribution in [0.25, 0.3) is 6.08 Å². The maximum atomic E-state index is 12.2. The van der Waals surface area contributed by atoms with Crippen LogP contribution in [0, 0.1) is 6.92 Å². The molecule has 0 saturated carbocycles. The summed E-state index contributed by atoms with van der Waals surface area (Å²) in [6.07, 6.45) is 3.20. The molecule has 158 valence electrons.